The molecule has 0 bridgehead atoms. The van der Waals surface area contributed by atoms with Gasteiger partial charge in [0.1, 0.15) is 0 Å². The normalized spacial score (nSPS) is 10.1. The Morgan fingerprint density at radius 2 is 1.95 bits per heavy atom. The lowest BCUT2D eigenvalue weighted by molar-refractivity contribution is -0.385. The van der Waals surface area contributed by atoms with Crippen LogP contribution in [0.2, 0.25) is 5.02 Å². The Balaban J connectivity index is 1.96. The van der Waals surface area contributed by atoms with Crippen molar-refractivity contribution < 1.29 is 4.92 Å². The molecule has 0 aliphatic rings. The molecule has 2 N–H and O–H groups in total. The van der Waals surface area contributed by atoms with Gasteiger partial charge in [0.05, 0.1) is 4.92 Å². The van der Waals surface area contributed by atoms with Gasteiger partial charge in [-0.2, -0.15) is 0 Å². The number of rotatable bonds is 4. The van der Waals surface area contributed by atoms with Crippen molar-refractivity contribution in [1.29, 1.82) is 0 Å². The van der Waals surface area contributed by atoms with E-state index in [0.717, 1.165) is 5.56 Å². The van der Waals surface area contributed by atoms with Gasteiger partial charge < -0.3 is 10.6 Å². The van der Waals surface area contributed by atoms with Crippen LogP contribution in [0.3, 0.4) is 0 Å². The highest BCUT2D eigenvalue weighted by Crippen LogP contribution is 2.22. The molecule has 114 valence electrons. The third kappa shape index (κ3) is 4.41. The van der Waals surface area contributed by atoms with Crippen LogP contribution in [-0.4, -0.2) is 10.0 Å². The molecule has 2 rings (SSSR count). The van der Waals surface area contributed by atoms with Crippen molar-refractivity contribution in [2.24, 2.45) is 0 Å². The number of benzene rings is 2. The van der Waals surface area contributed by atoms with Crippen molar-refractivity contribution in [3.63, 3.8) is 0 Å². The number of anilines is 1. The highest BCUT2D eigenvalue weighted by molar-refractivity contribution is 7.80. The second kappa shape index (κ2) is 7.20. The van der Waals surface area contributed by atoms with E-state index in [9.17, 15) is 10.1 Å². The van der Waals surface area contributed by atoms with Gasteiger partial charge in [-0.15, -0.1) is 0 Å². The van der Waals surface area contributed by atoms with E-state index in [-0.39, 0.29) is 5.69 Å². The summed E-state index contributed by atoms with van der Waals surface area (Å²) in [5, 5.41) is 18.0. The zero-order chi connectivity index (χ0) is 16.1. The van der Waals surface area contributed by atoms with Crippen LogP contribution >= 0.6 is 23.8 Å². The third-order valence-corrected chi connectivity index (χ3v) is 3.53. The van der Waals surface area contributed by atoms with Gasteiger partial charge in [0.2, 0.25) is 0 Å². The Hall–Kier alpha value is -2.18. The van der Waals surface area contributed by atoms with Crippen molar-refractivity contribution in [3.8, 4) is 0 Å². The lowest BCUT2D eigenvalue weighted by atomic mass is 10.2. The minimum atomic E-state index is -0.412. The molecule has 0 atom stereocenters. The lowest BCUT2D eigenvalue weighted by Crippen LogP contribution is -2.27. The number of nitro groups is 1. The molecule has 22 heavy (non-hydrogen) atoms. The lowest BCUT2D eigenvalue weighted by Gasteiger charge is -2.11. The Kier molecular flexibility index (Phi) is 5.30. The second-order valence-electron chi connectivity index (χ2n) is 4.69. The first-order valence-electron chi connectivity index (χ1n) is 6.50. The van der Waals surface area contributed by atoms with Crippen molar-refractivity contribution in [3.05, 3.63) is 68.7 Å². The third-order valence-electron chi connectivity index (χ3n) is 3.03. The Morgan fingerprint density at radius 3 is 2.59 bits per heavy atom. The molecule has 0 fully saturated rings. The molecule has 0 saturated heterocycles. The summed E-state index contributed by atoms with van der Waals surface area (Å²) in [6, 6.07) is 12.3. The Labute approximate surface area is 138 Å². The van der Waals surface area contributed by atoms with E-state index in [1.165, 1.54) is 6.07 Å². The van der Waals surface area contributed by atoms with E-state index in [0.29, 0.717) is 27.9 Å². The Morgan fingerprint density at radius 1 is 1.27 bits per heavy atom. The van der Waals surface area contributed by atoms with Crippen LogP contribution in [0.25, 0.3) is 0 Å². The zero-order valence-corrected chi connectivity index (χ0v) is 13.4. The fraction of sp³-hybridized carbons (Fsp3) is 0.133. The van der Waals surface area contributed by atoms with E-state index < -0.39 is 4.92 Å². The summed E-state index contributed by atoms with van der Waals surface area (Å²) in [7, 11) is 0. The molecule has 7 heteroatoms. The van der Waals surface area contributed by atoms with Crippen LogP contribution < -0.4 is 10.6 Å². The maximum Gasteiger partial charge on any atom is 0.274 e. The van der Waals surface area contributed by atoms with Gasteiger partial charge in [0.15, 0.2) is 5.11 Å². The van der Waals surface area contributed by atoms with E-state index in [4.69, 9.17) is 23.8 Å². The van der Waals surface area contributed by atoms with Gasteiger partial charge in [0, 0.05) is 28.9 Å². The summed E-state index contributed by atoms with van der Waals surface area (Å²) in [4.78, 5) is 10.5. The van der Waals surface area contributed by atoms with E-state index in [2.05, 4.69) is 10.6 Å². The minimum Gasteiger partial charge on any atom is -0.358 e. The first-order valence-corrected chi connectivity index (χ1v) is 7.28. The summed E-state index contributed by atoms with van der Waals surface area (Å²) in [6.45, 7) is 2.23. The van der Waals surface area contributed by atoms with Gasteiger partial charge in [-0.05, 0) is 42.9 Å². The summed E-state index contributed by atoms with van der Waals surface area (Å²) >= 11 is 11.0. The van der Waals surface area contributed by atoms with Crippen LogP contribution in [0, 0.1) is 17.0 Å². The fourth-order valence-electron chi connectivity index (χ4n) is 1.84. The molecule has 0 heterocycles. The largest absolute Gasteiger partial charge is 0.358 e. The number of hydrogen-bond acceptors (Lipinski definition) is 3. The van der Waals surface area contributed by atoms with Crippen LogP contribution in [0.1, 0.15) is 11.1 Å². The number of halogens is 1. The molecule has 0 radical (unpaired) electrons. The second-order valence-corrected chi connectivity index (χ2v) is 5.54. The number of nitrogens with zero attached hydrogens (tertiary/aromatic N) is 1. The van der Waals surface area contributed by atoms with Crippen molar-refractivity contribution in [1.82, 2.24) is 5.32 Å². The molecule has 0 aromatic heterocycles. The van der Waals surface area contributed by atoms with Crippen LogP contribution in [0.5, 0.6) is 0 Å². The summed E-state index contributed by atoms with van der Waals surface area (Å²) in [5.41, 5.74) is 2.27. The number of hydrogen-bond donors (Lipinski definition) is 2. The molecule has 2 aromatic carbocycles. The molecule has 5 nitrogen and oxygen atoms in total. The van der Waals surface area contributed by atoms with E-state index in [1.807, 2.05) is 12.1 Å². The number of nitro benzene ring substituents is 1. The van der Waals surface area contributed by atoms with E-state index in [1.54, 1.807) is 31.2 Å². The average Bonchev–Trinajstić information content (AvgIpc) is 2.48. The van der Waals surface area contributed by atoms with Gasteiger partial charge in [-0.25, -0.2) is 0 Å². The van der Waals surface area contributed by atoms with Crippen molar-refractivity contribution in [2.45, 2.75) is 13.5 Å². The molecule has 2 aromatic rings. The SMILES string of the molecule is Cc1ccc(NC(=S)NCc2ccc(Cl)cc2)cc1[N+](=O)[O-]. The predicted molar refractivity (Wildman–Crippen MR) is 92.3 cm³/mol. The van der Waals surface area contributed by atoms with Crippen molar-refractivity contribution >= 4 is 40.3 Å². The number of thiocarbonyl (C=S) groups is 1. The zero-order valence-electron chi connectivity index (χ0n) is 11.8. The Bertz CT molecular complexity index is 704. The standard InChI is InChI=1S/C15H14ClN3O2S/c1-10-2-7-13(8-14(10)19(20)21)18-15(22)17-9-11-3-5-12(16)6-4-11/h2-8H,9H2,1H3,(H2,17,18,22). The fourth-order valence-corrected chi connectivity index (χ4v) is 2.16. The van der Waals surface area contributed by atoms with Gasteiger partial charge >= 0.3 is 0 Å². The number of aryl methyl sites for hydroxylation is 1. The smallest absolute Gasteiger partial charge is 0.274 e. The predicted octanol–water partition coefficient (Wildman–Crippen LogP) is 4.04. The molecule has 0 saturated carbocycles. The van der Waals surface area contributed by atoms with Gasteiger partial charge in [-0.3, -0.25) is 10.1 Å². The molecule has 0 spiro atoms. The average molecular weight is 336 g/mol. The number of nitrogens with one attached hydrogen (secondary N) is 2. The van der Waals surface area contributed by atoms with Crippen LogP contribution in [0.15, 0.2) is 42.5 Å². The van der Waals surface area contributed by atoms with Crippen LogP contribution in [-0.2, 0) is 6.54 Å². The maximum atomic E-state index is 10.9. The minimum absolute atomic E-state index is 0.0606. The summed E-state index contributed by atoms with van der Waals surface area (Å²) in [6.07, 6.45) is 0. The maximum absolute atomic E-state index is 10.9. The molecule has 0 amide bonds. The molecular formula is C15H14ClN3O2S. The first kappa shape index (κ1) is 16.2. The molecular weight excluding hydrogens is 322 g/mol. The summed E-state index contributed by atoms with van der Waals surface area (Å²) < 4.78 is 0. The highest BCUT2D eigenvalue weighted by atomic mass is 35.5. The molecule has 0 aliphatic heterocycles. The first-order chi connectivity index (χ1) is 10.5. The monoisotopic (exact) mass is 335 g/mol. The molecule has 0 aliphatic carbocycles. The van der Waals surface area contributed by atoms with Crippen molar-refractivity contribution in [2.75, 3.05) is 5.32 Å². The van der Waals surface area contributed by atoms with Crippen LogP contribution in [0.4, 0.5) is 11.4 Å². The van der Waals surface area contributed by atoms with Gasteiger partial charge in [0.25, 0.3) is 5.69 Å². The quantitative estimate of drug-likeness (QED) is 0.501. The summed E-state index contributed by atoms with van der Waals surface area (Å²) in [5.74, 6) is 0. The van der Waals surface area contributed by atoms with E-state index >= 15 is 0 Å². The topological polar surface area (TPSA) is 67.2 Å². The van der Waals surface area contributed by atoms with Gasteiger partial charge in [-0.1, -0.05) is 29.8 Å². The highest BCUT2D eigenvalue weighted by Gasteiger charge is 2.11. The molecule has 0 unspecified atom stereocenters.